The second kappa shape index (κ2) is 4.08. The minimum atomic E-state index is 0.931. The van der Waals surface area contributed by atoms with E-state index in [2.05, 4.69) is 38.3 Å². The molecule has 0 heteroatoms. The van der Waals surface area contributed by atoms with Gasteiger partial charge in [-0.25, -0.2) is 0 Å². The molecule has 0 N–H and O–H groups in total. The van der Waals surface area contributed by atoms with E-state index in [0.29, 0.717) is 0 Å². The molecule has 0 aliphatic rings. The number of benzene rings is 1. The van der Waals surface area contributed by atoms with Gasteiger partial charge in [0.25, 0.3) is 0 Å². The summed E-state index contributed by atoms with van der Waals surface area (Å²) in [7, 11) is 0. The Balaban J connectivity index is 3.10. The third-order valence-corrected chi connectivity index (χ3v) is 2.14. The maximum Gasteiger partial charge on any atom is -0.00999 e. The van der Waals surface area contributed by atoms with Crippen molar-refractivity contribution in [3.05, 3.63) is 54.1 Å². The standard InChI is InChI=1S/C13H16/c1-5-6-12-8-7-11(4)13(9-12)10(2)3/h5,7-9H,1-2,6H2,3-4H3. The summed E-state index contributed by atoms with van der Waals surface area (Å²) < 4.78 is 0. The Morgan fingerprint density at radius 3 is 2.69 bits per heavy atom. The average molecular weight is 172 g/mol. The molecule has 0 spiro atoms. The summed E-state index contributed by atoms with van der Waals surface area (Å²) in [6, 6.07) is 6.48. The molecule has 1 rings (SSSR count). The van der Waals surface area contributed by atoms with Crippen LogP contribution in [-0.4, -0.2) is 0 Å². The van der Waals surface area contributed by atoms with E-state index in [1.807, 2.05) is 13.0 Å². The van der Waals surface area contributed by atoms with Gasteiger partial charge in [-0.05, 0) is 37.0 Å². The molecule has 0 aliphatic heterocycles. The zero-order valence-corrected chi connectivity index (χ0v) is 8.43. The van der Waals surface area contributed by atoms with Crippen molar-refractivity contribution < 1.29 is 0 Å². The van der Waals surface area contributed by atoms with E-state index in [1.54, 1.807) is 0 Å². The van der Waals surface area contributed by atoms with Crippen LogP contribution < -0.4 is 0 Å². The van der Waals surface area contributed by atoms with Gasteiger partial charge in [0.15, 0.2) is 0 Å². The fraction of sp³-hybridized carbons (Fsp3) is 0.231. The second-order valence-electron chi connectivity index (χ2n) is 3.42. The molecule has 0 saturated carbocycles. The lowest BCUT2D eigenvalue weighted by atomic mass is 9.99. The van der Waals surface area contributed by atoms with Crippen molar-refractivity contribution in [2.75, 3.05) is 0 Å². The van der Waals surface area contributed by atoms with Crippen molar-refractivity contribution in [1.29, 1.82) is 0 Å². The first-order valence-corrected chi connectivity index (χ1v) is 4.51. The molecule has 0 heterocycles. The molecular formula is C13H16. The van der Waals surface area contributed by atoms with Crippen molar-refractivity contribution in [2.24, 2.45) is 0 Å². The summed E-state index contributed by atoms with van der Waals surface area (Å²) >= 11 is 0. The average Bonchev–Trinajstić information content (AvgIpc) is 2.08. The van der Waals surface area contributed by atoms with E-state index in [9.17, 15) is 0 Å². The van der Waals surface area contributed by atoms with E-state index < -0.39 is 0 Å². The lowest BCUT2D eigenvalue weighted by molar-refractivity contribution is 1.25. The number of allylic oxidation sites excluding steroid dienone is 2. The molecule has 0 aromatic heterocycles. The summed E-state index contributed by atoms with van der Waals surface area (Å²) in [5.41, 5.74) is 4.99. The summed E-state index contributed by atoms with van der Waals surface area (Å²) in [6.07, 6.45) is 2.85. The van der Waals surface area contributed by atoms with Crippen LogP contribution in [0.1, 0.15) is 23.6 Å². The quantitative estimate of drug-likeness (QED) is 0.609. The minimum absolute atomic E-state index is 0.931. The predicted octanol–water partition coefficient (Wildman–Crippen LogP) is 3.76. The number of hydrogen-bond acceptors (Lipinski definition) is 0. The van der Waals surface area contributed by atoms with Crippen LogP contribution in [-0.2, 0) is 6.42 Å². The summed E-state index contributed by atoms with van der Waals surface area (Å²) in [5, 5.41) is 0. The van der Waals surface area contributed by atoms with Crippen LogP contribution in [0.2, 0.25) is 0 Å². The van der Waals surface area contributed by atoms with E-state index in [0.717, 1.165) is 12.0 Å². The van der Waals surface area contributed by atoms with E-state index in [1.165, 1.54) is 16.7 Å². The van der Waals surface area contributed by atoms with E-state index in [4.69, 9.17) is 0 Å². The first kappa shape index (κ1) is 9.79. The summed E-state index contributed by atoms with van der Waals surface area (Å²) in [4.78, 5) is 0. The molecule has 0 bridgehead atoms. The van der Waals surface area contributed by atoms with Gasteiger partial charge in [0.2, 0.25) is 0 Å². The Morgan fingerprint density at radius 2 is 2.15 bits per heavy atom. The van der Waals surface area contributed by atoms with Crippen LogP contribution in [0, 0.1) is 6.92 Å². The summed E-state index contributed by atoms with van der Waals surface area (Å²) in [5.74, 6) is 0. The second-order valence-corrected chi connectivity index (χ2v) is 3.42. The predicted molar refractivity (Wildman–Crippen MR) is 59.8 cm³/mol. The molecule has 0 nitrogen and oxygen atoms in total. The van der Waals surface area contributed by atoms with Crippen molar-refractivity contribution in [1.82, 2.24) is 0 Å². The molecule has 0 radical (unpaired) electrons. The smallest absolute Gasteiger partial charge is 0.00999 e. The highest BCUT2D eigenvalue weighted by atomic mass is 14.0. The van der Waals surface area contributed by atoms with Gasteiger partial charge in [-0.2, -0.15) is 0 Å². The fourth-order valence-electron chi connectivity index (χ4n) is 1.42. The topological polar surface area (TPSA) is 0 Å². The van der Waals surface area contributed by atoms with Crippen molar-refractivity contribution in [2.45, 2.75) is 20.3 Å². The third-order valence-electron chi connectivity index (χ3n) is 2.14. The van der Waals surface area contributed by atoms with Crippen LogP contribution in [0.3, 0.4) is 0 Å². The van der Waals surface area contributed by atoms with Crippen LogP contribution in [0.4, 0.5) is 0 Å². The minimum Gasteiger partial charge on any atom is -0.103 e. The number of aryl methyl sites for hydroxylation is 1. The van der Waals surface area contributed by atoms with Crippen LogP contribution in [0.15, 0.2) is 37.4 Å². The first-order valence-electron chi connectivity index (χ1n) is 4.51. The Kier molecular flexibility index (Phi) is 3.07. The Labute approximate surface area is 80.6 Å². The lowest BCUT2D eigenvalue weighted by Gasteiger charge is -2.06. The Hall–Kier alpha value is -1.30. The van der Waals surface area contributed by atoms with Crippen molar-refractivity contribution >= 4 is 5.57 Å². The van der Waals surface area contributed by atoms with Gasteiger partial charge in [0.05, 0.1) is 0 Å². The van der Waals surface area contributed by atoms with Crippen LogP contribution >= 0.6 is 0 Å². The molecule has 0 saturated heterocycles. The normalized spacial score (nSPS) is 9.69. The molecule has 0 amide bonds. The highest BCUT2D eigenvalue weighted by molar-refractivity contribution is 5.65. The maximum absolute atomic E-state index is 3.96. The van der Waals surface area contributed by atoms with Crippen molar-refractivity contribution in [3.8, 4) is 0 Å². The van der Waals surface area contributed by atoms with Gasteiger partial charge in [-0.15, -0.1) is 6.58 Å². The lowest BCUT2D eigenvalue weighted by Crippen LogP contribution is -1.88. The molecule has 1 aromatic rings. The molecule has 0 atom stereocenters. The third kappa shape index (κ3) is 2.32. The van der Waals surface area contributed by atoms with Crippen LogP contribution in [0.25, 0.3) is 5.57 Å². The van der Waals surface area contributed by atoms with Gasteiger partial charge in [-0.1, -0.05) is 36.4 Å². The zero-order valence-electron chi connectivity index (χ0n) is 8.43. The highest BCUT2D eigenvalue weighted by Crippen LogP contribution is 2.18. The zero-order chi connectivity index (χ0) is 9.84. The monoisotopic (exact) mass is 172 g/mol. The van der Waals surface area contributed by atoms with Crippen LogP contribution in [0.5, 0.6) is 0 Å². The Morgan fingerprint density at radius 1 is 1.46 bits per heavy atom. The number of hydrogen-bond donors (Lipinski definition) is 0. The van der Waals surface area contributed by atoms with E-state index >= 15 is 0 Å². The molecule has 0 unspecified atom stereocenters. The SMILES string of the molecule is C=CCc1ccc(C)c(C(=C)C)c1. The van der Waals surface area contributed by atoms with E-state index in [-0.39, 0.29) is 0 Å². The van der Waals surface area contributed by atoms with Gasteiger partial charge >= 0.3 is 0 Å². The molecule has 1 aromatic carbocycles. The van der Waals surface area contributed by atoms with Crippen molar-refractivity contribution in [3.63, 3.8) is 0 Å². The molecular weight excluding hydrogens is 156 g/mol. The fourth-order valence-corrected chi connectivity index (χ4v) is 1.42. The Bertz CT molecular complexity index is 332. The molecule has 0 fully saturated rings. The molecule has 0 aliphatic carbocycles. The molecule has 13 heavy (non-hydrogen) atoms. The van der Waals surface area contributed by atoms with Gasteiger partial charge in [0.1, 0.15) is 0 Å². The van der Waals surface area contributed by atoms with Gasteiger partial charge in [-0.3, -0.25) is 0 Å². The highest BCUT2D eigenvalue weighted by Gasteiger charge is 1.99. The molecule has 68 valence electrons. The first-order chi connectivity index (χ1) is 6.15. The largest absolute Gasteiger partial charge is 0.103 e. The van der Waals surface area contributed by atoms with Gasteiger partial charge < -0.3 is 0 Å². The maximum atomic E-state index is 3.96. The summed E-state index contributed by atoms with van der Waals surface area (Å²) in [6.45, 7) is 11.8. The number of rotatable bonds is 3. The van der Waals surface area contributed by atoms with Gasteiger partial charge in [0, 0.05) is 0 Å².